The maximum absolute atomic E-state index is 12.8. The van der Waals surface area contributed by atoms with Crippen LogP contribution >= 0.6 is 0 Å². The van der Waals surface area contributed by atoms with E-state index in [4.69, 9.17) is 4.74 Å². The SMILES string of the molecule is Cc1ccc(CO)cc1S(=O)(=O)N1CCOC(C)(C)C1. The molecule has 112 valence electrons. The number of sulfonamides is 1. The highest BCUT2D eigenvalue weighted by Crippen LogP contribution is 2.26. The van der Waals surface area contributed by atoms with Crippen molar-refractivity contribution in [3.05, 3.63) is 29.3 Å². The van der Waals surface area contributed by atoms with Crippen LogP contribution < -0.4 is 0 Å². The molecule has 20 heavy (non-hydrogen) atoms. The van der Waals surface area contributed by atoms with E-state index >= 15 is 0 Å². The Labute approximate surface area is 120 Å². The number of hydrogen-bond acceptors (Lipinski definition) is 4. The molecule has 1 aliphatic heterocycles. The predicted molar refractivity (Wildman–Crippen MR) is 75.9 cm³/mol. The second-order valence-electron chi connectivity index (χ2n) is 5.70. The molecule has 1 N–H and O–H groups in total. The Bertz CT molecular complexity index is 595. The van der Waals surface area contributed by atoms with Gasteiger partial charge in [-0.05, 0) is 38.0 Å². The fraction of sp³-hybridized carbons (Fsp3) is 0.571. The summed E-state index contributed by atoms with van der Waals surface area (Å²) in [7, 11) is -3.55. The van der Waals surface area contributed by atoms with Crippen LogP contribution in [0.3, 0.4) is 0 Å². The molecule has 0 aliphatic carbocycles. The van der Waals surface area contributed by atoms with Gasteiger partial charge >= 0.3 is 0 Å². The van der Waals surface area contributed by atoms with E-state index in [1.165, 1.54) is 4.31 Å². The molecular weight excluding hydrogens is 278 g/mol. The number of rotatable bonds is 3. The summed E-state index contributed by atoms with van der Waals surface area (Å²) in [5, 5.41) is 9.18. The Morgan fingerprint density at radius 3 is 2.70 bits per heavy atom. The van der Waals surface area contributed by atoms with Crippen molar-refractivity contribution in [1.29, 1.82) is 0 Å². The zero-order valence-corrected chi connectivity index (χ0v) is 12.9. The van der Waals surface area contributed by atoms with Gasteiger partial charge in [0.2, 0.25) is 10.0 Å². The van der Waals surface area contributed by atoms with Gasteiger partial charge in [0.25, 0.3) is 0 Å². The average molecular weight is 299 g/mol. The van der Waals surface area contributed by atoms with Gasteiger partial charge in [0.1, 0.15) is 0 Å². The molecule has 1 aromatic carbocycles. The van der Waals surface area contributed by atoms with Crippen molar-refractivity contribution >= 4 is 10.0 Å². The highest BCUT2D eigenvalue weighted by molar-refractivity contribution is 7.89. The number of hydrogen-bond donors (Lipinski definition) is 1. The summed E-state index contributed by atoms with van der Waals surface area (Å²) in [5.74, 6) is 0. The Kier molecular flexibility index (Phi) is 4.20. The minimum Gasteiger partial charge on any atom is -0.392 e. The van der Waals surface area contributed by atoms with Gasteiger partial charge < -0.3 is 9.84 Å². The zero-order valence-electron chi connectivity index (χ0n) is 12.1. The van der Waals surface area contributed by atoms with Crippen LogP contribution in [0.15, 0.2) is 23.1 Å². The van der Waals surface area contributed by atoms with E-state index in [0.29, 0.717) is 30.8 Å². The number of benzene rings is 1. The van der Waals surface area contributed by atoms with Gasteiger partial charge in [-0.2, -0.15) is 4.31 Å². The van der Waals surface area contributed by atoms with E-state index in [1.807, 2.05) is 13.8 Å². The Morgan fingerprint density at radius 1 is 1.40 bits per heavy atom. The first-order valence-corrected chi connectivity index (χ1v) is 8.05. The minimum absolute atomic E-state index is 0.169. The Balaban J connectivity index is 2.40. The first-order chi connectivity index (χ1) is 9.26. The van der Waals surface area contributed by atoms with E-state index in [-0.39, 0.29) is 11.5 Å². The molecule has 0 spiro atoms. The topological polar surface area (TPSA) is 66.8 Å². The lowest BCUT2D eigenvalue weighted by atomic mass is 10.1. The van der Waals surface area contributed by atoms with Crippen LogP contribution in [-0.2, 0) is 21.4 Å². The van der Waals surface area contributed by atoms with Gasteiger partial charge in [0, 0.05) is 13.1 Å². The van der Waals surface area contributed by atoms with Gasteiger partial charge in [-0.25, -0.2) is 8.42 Å². The Morgan fingerprint density at radius 2 is 2.10 bits per heavy atom. The van der Waals surface area contributed by atoms with Crippen LogP contribution in [0, 0.1) is 6.92 Å². The van der Waals surface area contributed by atoms with Crippen molar-refractivity contribution in [2.75, 3.05) is 19.7 Å². The molecule has 0 aromatic heterocycles. The second-order valence-corrected chi connectivity index (χ2v) is 7.61. The lowest BCUT2D eigenvalue weighted by Gasteiger charge is -2.37. The summed E-state index contributed by atoms with van der Waals surface area (Å²) in [6.45, 7) is 6.44. The molecule has 2 rings (SSSR count). The van der Waals surface area contributed by atoms with Gasteiger partial charge in [-0.15, -0.1) is 0 Å². The van der Waals surface area contributed by atoms with Crippen LogP contribution in [0.2, 0.25) is 0 Å². The molecule has 0 radical (unpaired) electrons. The fourth-order valence-electron chi connectivity index (χ4n) is 2.34. The highest BCUT2D eigenvalue weighted by atomic mass is 32.2. The molecule has 1 fully saturated rings. The maximum atomic E-state index is 12.8. The standard InChI is InChI=1S/C14H21NO4S/c1-11-4-5-12(9-16)8-13(11)20(17,18)15-6-7-19-14(2,3)10-15/h4-5,8,16H,6-7,9-10H2,1-3H3. The molecular formula is C14H21NO4S. The molecule has 0 saturated carbocycles. The highest BCUT2D eigenvalue weighted by Gasteiger charge is 2.35. The summed E-state index contributed by atoms with van der Waals surface area (Å²) in [4.78, 5) is 0.266. The summed E-state index contributed by atoms with van der Waals surface area (Å²) < 4.78 is 32.5. The van der Waals surface area contributed by atoms with Crippen LogP contribution in [-0.4, -0.2) is 43.1 Å². The van der Waals surface area contributed by atoms with Crippen molar-refractivity contribution in [2.45, 2.75) is 37.9 Å². The third-order valence-corrected chi connectivity index (χ3v) is 5.43. The van der Waals surface area contributed by atoms with Crippen LogP contribution in [0.5, 0.6) is 0 Å². The van der Waals surface area contributed by atoms with Crippen molar-refractivity contribution in [3.8, 4) is 0 Å². The quantitative estimate of drug-likeness (QED) is 0.913. The molecule has 6 heteroatoms. The number of morpholine rings is 1. The van der Waals surface area contributed by atoms with E-state index in [9.17, 15) is 13.5 Å². The van der Waals surface area contributed by atoms with Crippen LogP contribution in [0.1, 0.15) is 25.0 Å². The summed E-state index contributed by atoms with van der Waals surface area (Å²) >= 11 is 0. The predicted octanol–water partition coefficient (Wildman–Crippen LogP) is 1.29. The van der Waals surface area contributed by atoms with Crippen LogP contribution in [0.25, 0.3) is 0 Å². The smallest absolute Gasteiger partial charge is 0.243 e. The zero-order chi connectivity index (χ0) is 15.0. The number of ether oxygens (including phenoxy) is 1. The largest absolute Gasteiger partial charge is 0.392 e. The molecule has 0 bridgehead atoms. The van der Waals surface area contributed by atoms with Gasteiger partial charge in [0.15, 0.2) is 0 Å². The van der Waals surface area contributed by atoms with E-state index in [2.05, 4.69) is 0 Å². The molecule has 5 nitrogen and oxygen atoms in total. The van der Waals surface area contributed by atoms with E-state index < -0.39 is 15.6 Å². The number of aliphatic hydroxyl groups is 1. The maximum Gasteiger partial charge on any atom is 0.243 e. The summed E-state index contributed by atoms with van der Waals surface area (Å²) in [5.41, 5.74) is 0.807. The Hall–Kier alpha value is -0.950. The lowest BCUT2D eigenvalue weighted by Crippen LogP contribution is -2.50. The molecule has 0 amide bonds. The summed E-state index contributed by atoms with van der Waals surface area (Å²) in [6, 6.07) is 5.01. The number of aryl methyl sites for hydroxylation is 1. The molecule has 0 unspecified atom stereocenters. The molecule has 1 aliphatic rings. The monoisotopic (exact) mass is 299 g/mol. The number of aliphatic hydroxyl groups excluding tert-OH is 1. The van der Waals surface area contributed by atoms with Crippen molar-refractivity contribution in [3.63, 3.8) is 0 Å². The van der Waals surface area contributed by atoms with E-state index in [0.717, 1.165) is 0 Å². The first kappa shape index (κ1) is 15.4. The molecule has 1 saturated heterocycles. The second kappa shape index (κ2) is 5.44. The molecule has 1 heterocycles. The van der Waals surface area contributed by atoms with Crippen molar-refractivity contribution < 1.29 is 18.3 Å². The summed E-state index contributed by atoms with van der Waals surface area (Å²) in [6.07, 6.45) is 0. The average Bonchev–Trinajstić information content (AvgIpc) is 2.38. The van der Waals surface area contributed by atoms with Crippen LogP contribution in [0.4, 0.5) is 0 Å². The van der Waals surface area contributed by atoms with Crippen molar-refractivity contribution in [2.24, 2.45) is 0 Å². The fourth-order valence-corrected chi connectivity index (χ4v) is 4.19. The van der Waals surface area contributed by atoms with Gasteiger partial charge in [0.05, 0.1) is 23.7 Å². The lowest BCUT2D eigenvalue weighted by molar-refractivity contribution is -0.0640. The molecule has 0 atom stereocenters. The van der Waals surface area contributed by atoms with Crippen molar-refractivity contribution in [1.82, 2.24) is 4.31 Å². The minimum atomic E-state index is -3.55. The third-order valence-electron chi connectivity index (χ3n) is 3.44. The van der Waals surface area contributed by atoms with Gasteiger partial charge in [-0.3, -0.25) is 0 Å². The first-order valence-electron chi connectivity index (χ1n) is 6.61. The van der Waals surface area contributed by atoms with E-state index in [1.54, 1.807) is 25.1 Å². The number of nitrogens with zero attached hydrogens (tertiary/aromatic N) is 1. The normalized spacial score (nSPS) is 20.0. The van der Waals surface area contributed by atoms with Gasteiger partial charge in [-0.1, -0.05) is 12.1 Å². The molecule has 1 aromatic rings. The third kappa shape index (κ3) is 3.03.